The molecule has 176 valence electrons. The third kappa shape index (κ3) is 4.45. The van der Waals surface area contributed by atoms with E-state index in [4.69, 9.17) is 0 Å². The minimum Gasteiger partial charge on any atom is -0.344 e. The molecule has 2 aromatic rings. The van der Waals surface area contributed by atoms with Crippen LogP contribution < -0.4 is 4.90 Å². The standard InChI is InChI=1S/C29H37N2.C2H6/c1-7-8-13-21-31-25-18-12-10-16-23(25)29(4,5)27(31)20-14-19-26-28(2,3)22-15-9-11-17-24(22)30(26)6;1-2/h9-12,14-20H,7-8,13,21H2,1-6H3;1-2H3/q+1;. The highest BCUT2D eigenvalue weighted by molar-refractivity contribution is 6.03. The van der Waals surface area contributed by atoms with Gasteiger partial charge in [0, 0.05) is 41.1 Å². The number of benzene rings is 2. The Bertz CT molecular complexity index is 1070. The molecule has 0 aromatic heterocycles. The second kappa shape index (κ2) is 10.1. The van der Waals surface area contributed by atoms with Crippen molar-refractivity contribution in [3.05, 3.63) is 83.6 Å². The van der Waals surface area contributed by atoms with Gasteiger partial charge in [-0.3, -0.25) is 0 Å². The van der Waals surface area contributed by atoms with E-state index >= 15 is 0 Å². The quantitative estimate of drug-likeness (QED) is 0.322. The number of allylic oxidation sites excluding steroid dienone is 4. The van der Waals surface area contributed by atoms with Crippen LogP contribution >= 0.6 is 0 Å². The smallest absolute Gasteiger partial charge is 0.209 e. The second-order valence-electron chi connectivity index (χ2n) is 10.00. The number of hydrogen-bond donors (Lipinski definition) is 0. The summed E-state index contributed by atoms with van der Waals surface area (Å²) in [5, 5.41) is 0. The maximum Gasteiger partial charge on any atom is 0.209 e. The van der Waals surface area contributed by atoms with E-state index in [-0.39, 0.29) is 10.8 Å². The Balaban J connectivity index is 0.00000149. The Labute approximate surface area is 202 Å². The van der Waals surface area contributed by atoms with Crippen LogP contribution in [0.5, 0.6) is 0 Å². The fourth-order valence-corrected chi connectivity index (χ4v) is 5.43. The summed E-state index contributed by atoms with van der Waals surface area (Å²) >= 11 is 0. The molecule has 0 atom stereocenters. The van der Waals surface area contributed by atoms with Crippen molar-refractivity contribution in [1.82, 2.24) is 0 Å². The summed E-state index contributed by atoms with van der Waals surface area (Å²) in [5.74, 6) is 0. The molecule has 33 heavy (non-hydrogen) atoms. The molecule has 0 saturated carbocycles. The van der Waals surface area contributed by atoms with Gasteiger partial charge in [-0.2, -0.15) is 4.58 Å². The van der Waals surface area contributed by atoms with E-state index in [1.54, 1.807) is 0 Å². The monoisotopic (exact) mass is 443 g/mol. The third-order valence-electron chi connectivity index (χ3n) is 7.23. The summed E-state index contributed by atoms with van der Waals surface area (Å²) in [7, 11) is 2.19. The largest absolute Gasteiger partial charge is 0.344 e. The molecule has 2 nitrogen and oxygen atoms in total. The van der Waals surface area contributed by atoms with Gasteiger partial charge in [0.25, 0.3) is 0 Å². The maximum atomic E-state index is 2.55. The molecular weight excluding hydrogens is 400 g/mol. The Kier molecular flexibility index (Phi) is 7.67. The van der Waals surface area contributed by atoms with E-state index in [9.17, 15) is 0 Å². The van der Waals surface area contributed by atoms with E-state index in [2.05, 4.69) is 118 Å². The lowest BCUT2D eigenvalue weighted by molar-refractivity contribution is -0.401. The van der Waals surface area contributed by atoms with E-state index in [1.807, 2.05) is 13.8 Å². The molecule has 0 saturated heterocycles. The summed E-state index contributed by atoms with van der Waals surface area (Å²) < 4.78 is 2.35. The van der Waals surface area contributed by atoms with Crippen molar-refractivity contribution in [2.75, 3.05) is 18.5 Å². The number of fused-ring (bicyclic) bond motifs is 2. The first kappa shape index (κ1) is 25.0. The first-order valence-corrected chi connectivity index (χ1v) is 12.8. The summed E-state index contributed by atoms with van der Waals surface area (Å²) in [6.45, 7) is 16.7. The van der Waals surface area contributed by atoms with Crippen LogP contribution in [0.15, 0.2) is 72.5 Å². The minimum atomic E-state index is 0.00925. The van der Waals surface area contributed by atoms with Gasteiger partial charge in [-0.05, 0) is 38.0 Å². The third-order valence-corrected chi connectivity index (χ3v) is 7.23. The molecular formula is C31H43N2+. The van der Waals surface area contributed by atoms with Gasteiger partial charge in [0.1, 0.15) is 7.05 Å². The molecule has 0 amide bonds. The SMILES string of the molecule is CC.CCCCCN1/C(=C/C=C/C2=[N+](C)c3ccccc3C2(C)C)C(C)(C)c2ccccc21. The van der Waals surface area contributed by atoms with E-state index < -0.39 is 0 Å². The highest BCUT2D eigenvalue weighted by atomic mass is 15.2. The average Bonchev–Trinajstić information content (AvgIpc) is 3.15. The van der Waals surface area contributed by atoms with Crippen molar-refractivity contribution in [2.24, 2.45) is 0 Å². The molecule has 4 rings (SSSR count). The van der Waals surface area contributed by atoms with Gasteiger partial charge in [-0.1, -0.05) is 89.9 Å². The summed E-state index contributed by atoms with van der Waals surface area (Å²) in [4.78, 5) is 2.55. The van der Waals surface area contributed by atoms with Gasteiger partial charge in [-0.15, -0.1) is 0 Å². The first-order valence-electron chi connectivity index (χ1n) is 12.8. The molecule has 0 bridgehead atoms. The van der Waals surface area contributed by atoms with Gasteiger partial charge < -0.3 is 4.90 Å². The molecule has 2 heterocycles. The lowest BCUT2D eigenvalue weighted by atomic mass is 9.81. The van der Waals surface area contributed by atoms with Crippen LogP contribution in [0.25, 0.3) is 0 Å². The molecule has 0 aliphatic carbocycles. The van der Waals surface area contributed by atoms with Gasteiger partial charge in [-0.25, -0.2) is 0 Å². The molecule has 0 N–H and O–H groups in total. The first-order chi connectivity index (χ1) is 15.8. The minimum absolute atomic E-state index is 0.00925. The molecule has 0 fully saturated rings. The number of anilines is 1. The van der Waals surface area contributed by atoms with Crippen LogP contribution in [0.3, 0.4) is 0 Å². The van der Waals surface area contributed by atoms with Gasteiger partial charge >= 0.3 is 0 Å². The number of rotatable bonds is 6. The van der Waals surface area contributed by atoms with Crippen LogP contribution in [-0.4, -0.2) is 23.9 Å². The Morgan fingerprint density at radius 2 is 1.48 bits per heavy atom. The van der Waals surface area contributed by atoms with Crippen LogP contribution in [0.2, 0.25) is 0 Å². The molecule has 2 aromatic carbocycles. The summed E-state index contributed by atoms with van der Waals surface area (Å²) in [5.41, 5.74) is 8.29. The molecule has 0 unspecified atom stereocenters. The zero-order valence-corrected chi connectivity index (χ0v) is 22.1. The summed E-state index contributed by atoms with van der Waals surface area (Å²) in [6, 6.07) is 17.7. The van der Waals surface area contributed by atoms with E-state index in [0.717, 1.165) is 6.54 Å². The van der Waals surface area contributed by atoms with Crippen molar-refractivity contribution in [3.8, 4) is 0 Å². The number of unbranched alkanes of at least 4 members (excludes halogenated alkanes) is 2. The maximum absolute atomic E-state index is 2.55. The van der Waals surface area contributed by atoms with Crippen molar-refractivity contribution >= 4 is 17.1 Å². The van der Waals surface area contributed by atoms with Crippen LogP contribution in [0.4, 0.5) is 11.4 Å². The average molecular weight is 444 g/mol. The molecule has 0 radical (unpaired) electrons. The Morgan fingerprint density at radius 1 is 0.848 bits per heavy atom. The van der Waals surface area contributed by atoms with Crippen LogP contribution in [0.1, 0.15) is 78.9 Å². The molecule has 2 heteroatoms. The van der Waals surface area contributed by atoms with Crippen LogP contribution in [-0.2, 0) is 10.8 Å². The number of hydrogen-bond acceptors (Lipinski definition) is 1. The molecule has 2 aliphatic heterocycles. The summed E-state index contributed by atoms with van der Waals surface area (Å²) in [6.07, 6.45) is 10.7. The zero-order valence-electron chi connectivity index (χ0n) is 22.1. The predicted octanol–water partition coefficient (Wildman–Crippen LogP) is 8.15. The highest BCUT2D eigenvalue weighted by Gasteiger charge is 2.43. The van der Waals surface area contributed by atoms with Gasteiger partial charge in [0.05, 0.1) is 5.41 Å². The fraction of sp³-hybridized carbons (Fsp3) is 0.452. The highest BCUT2D eigenvalue weighted by Crippen LogP contribution is 2.47. The number of nitrogens with zero attached hydrogens (tertiary/aromatic N) is 2. The fourth-order valence-electron chi connectivity index (χ4n) is 5.43. The topological polar surface area (TPSA) is 6.25 Å². The molecule has 0 spiro atoms. The number of para-hydroxylation sites is 2. The van der Waals surface area contributed by atoms with Crippen molar-refractivity contribution < 1.29 is 4.58 Å². The van der Waals surface area contributed by atoms with Crippen molar-refractivity contribution in [1.29, 1.82) is 0 Å². The molecule has 2 aliphatic rings. The van der Waals surface area contributed by atoms with E-state index in [1.165, 1.54) is 53.2 Å². The Hall–Kier alpha value is -2.61. The second-order valence-corrected chi connectivity index (χ2v) is 10.00. The van der Waals surface area contributed by atoms with Gasteiger partial charge in [0.2, 0.25) is 5.69 Å². The zero-order chi connectivity index (χ0) is 24.2. The lowest BCUT2D eigenvalue weighted by Crippen LogP contribution is -2.27. The lowest BCUT2D eigenvalue weighted by Gasteiger charge is -2.27. The van der Waals surface area contributed by atoms with Crippen LogP contribution in [0, 0.1) is 0 Å². The normalized spacial score (nSPS) is 19.0. The van der Waals surface area contributed by atoms with E-state index in [0.29, 0.717) is 0 Å². The Morgan fingerprint density at radius 3 is 2.15 bits per heavy atom. The van der Waals surface area contributed by atoms with Crippen molar-refractivity contribution in [2.45, 2.75) is 78.6 Å². The van der Waals surface area contributed by atoms with Crippen molar-refractivity contribution in [3.63, 3.8) is 0 Å². The van der Waals surface area contributed by atoms with Gasteiger partial charge in [0.15, 0.2) is 5.71 Å². The predicted molar refractivity (Wildman–Crippen MR) is 145 cm³/mol.